The van der Waals surface area contributed by atoms with Crippen molar-refractivity contribution in [3.05, 3.63) is 93.5 Å². The monoisotopic (exact) mass is 414 g/mol. The van der Waals surface area contributed by atoms with E-state index in [4.69, 9.17) is 27.9 Å². The number of ether oxygens (including phenoxy) is 1. The van der Waals surface area contributed by atoms with Crippen LogP contribution in [0, 0.1) is 0 Å². The second-order valence-electron chi connectivity index (χ2n) is 5.83. The maximum absolute atomic E-state index is 11.2. The van der Waals surface area contributed by atoms with Gasteiger partial charge in [-0.3, -0.25) is 5.43 Å². The number of halogens is 2. The van der Waals surface area contributed by atoms with Gasteiger partial charge < -0.3 is 9.84 Å². The van der Waals surface area contributed by atoms with Crippen LogP contribution in [0.1, 0.15) is 21.5 Å². The number of benzene rings is 3. The fourth-order valence-electron chi connectivity index (χ4n) is 2.42. The van der Waals surface area contributed by atoms with E-state index < -0.39 is 5.97 Å². The predicted octanol–water partition coefficient (Wildman–Crippen LogP) is 5.72. The number of carboxylic acid groups (broad SMARTS) is 1. The number of hydrogen-bond donors (Lipinski definition) is 2. The number of nitrogens with one attached hydrogen (secondary N) is 1. The van der Waals surface area contributed by atoms with E-state index in [1.807, 2.05) is 30.3 Å². The van der Waals surface area contributed by atoms with Gasteiger partial charge in [-0.05, 0) is 47.5 Å². The molecule has 142 valence electrons. The van der Waals surface area contributed by atoms with Gasteiger partial charge in [0.2, 0.25) is 0 Å². The summed E-state index contributed by atoms with van der Waals surface area (Å²) in [5.74, 6) is -0.350. The molecule has 2 N–H and O–H groups in total. The van der Waals surface area contributed by atoms with Crippen LogP contribution in [0.15, 0.2) is 71.8 Å². The van der Waals surface area contributed by atoms with Crippen LogP contribution in [-0.4, -0.2) is 17.3 Å². The van der Waals surface area contributed by atoms with Crippen molar-refractivity contribution in [1.82, 2.24) is 0 Å². The van der Waals surface area contributed by atoms with E-state index in [-0.39, 0.29) is 5.56 Å². The summed E-state index contributed by atoms with van der Waals surface area (Å²) in [5.41, 5.74) is 5.02. The van der Waals surface area contributed by atoms with Crippen molar-refractivity contribution in [3.63, 3.8) is 0 Å². The summed E-state index contributed by atoms with van der Waals surface area (Å²) >= 11 is 11.9. The van der Waals surface area contributed by atoms with Crippen molar-refractivity contribution in [2.24, 2.45) is 5.10 Å². The van der Waals surface area contributed by atoms with Gasteiger partial charge in [-0.25, -0.2) is 4.79 Å². The summed E-state index contributed by atoms with van der Waals surface area (Å²) in [6.45, 7) is 0.349. The van der Waals surface area contributed by atoms with Gasteiger partial charge in [0.05, 0.1) is 27.5 Å². The van der Waals surface area contributed by atoms with Gasteiger partial charge in [0.25, 0.3) is 0 Å². The van der Waals surface area contributed by atoms with E-state index in [1.54, 1.807) is 36.5 Å². The Hall–Kier alpha value is -3.02. The fraction of sp³-hybridized carbons (Fsp3) is 0.0476. The van der Waals surface area contributed by atoms with Crippen LogP contribution in [0.2, 0.25) is 10.0 Å². The van der Waals surface area contributed by atoms with E-state index in [2.05, 4.69) is 10.5 Å². The SMILES string of the molecule is O=C(O)c1ccccc1N/N=C/c1cccc(OCc2ccc(Cl)c(Cl)c2)c1. The fourth-order valence-corrected chi connectivity index (χ4v) is 2.74. The molecule has 0 unspecified atom stereocenters. The van der Waals surface area contributed by atoms with Crippen LogP contribution >= 0.6 is 23.2 Å². The molecule has 0 bridgehead atoms. The van der Waals surface area contributed by atoms with Crippen molar-refractivity contribution in [3.8, 4) is 5.75 Å². The average molecular weight is 415 g/mol. The van der Waals surface area contributed by atoms with E-state index in [9.17, 15) is 9.90 Å². The van der Waals surface area contributed by atoms with Crippen molar-refractivity contribution >= 4 is 41.1 Å². The summed E-state index contributed by atoms with van der Waals surface area (Å²) in [7, 11) is 0. The lowest BCUT2D eigenvalue weighted by Gasteiger charge is -2.08. The van der Waals surface area contributed by atoms with Gasteiger partial charge in [0.15, 0.2) is 0 Å². The minimum Gasteiger partial charge on any atom is -0.489 e. The molecule has 0 aliphatic carbocycles. The Morgan fingerprint density at radius 1 is 1.04 bits per heavy atom. The second-order valence-corrected chi connectivity index (χ2v) is 6.64. The highest BCUT2D eigenvalue weighted by Gasteiger charge is 2.07. The summed E-state index contributed by atoms with van der Waals surface area (Å²) in [6.07, 6.45) is 1.59. The Bertz CT molecular complexity index is 1020. The van der Waals surface area contributed by atoms with E-state index >= 15 is 0 Å². The molecule has 28 heavy (non-hydrogen) atoms. The molecule has 7 heteroatoms. The Balaban J connectivity index is 1.64. The van der Waals surface area contributed by atoms with Gasteiger partial charge in [0.1, 0.15) is 12.4 Å². The Kier molecular flexibility index (Phi) is 6.53. The summed E-state index contributed by atoms with van der Waals surface area (Å²) in [4.78, 5) is 11.2. The molecule has 0 aromatic heterocycles. The van der Waals surface area contributed by atoms with Crippen LogP contribution < -0.4 is 10.2 Å². The lowest BCUT2D eigenvalue weighted by atomic mass is 10.2. The van der Waals surface area contributed by atoms with Gasteiger partial charge in [0, 0.05) is 0 Å². The first-order valence-corrected chi connectivity index (χ1v) is 9.07. The molecule has 0 amide bonds. The number of carboxylic acids is 1. The minimum atomic E-state index is -1.02. The molecule has 0 atom stereocenters. The number of hydrogen-bond acceptors (Lipinski definition) is 4. The number of nitrogens with zero attached hydrogens (tertiary/aromatic N) is 1. The van der Waals surface area contributed by atoms with Gasteiger partial charge in [-0.1, -0.05) is 53.5 Å². The molecule has 0 aliphatic rings. The zero-order valence-corrected chi connectivity index (χ0v) is 16.1. The number of carbonyl (C=O) groups is 1. The third-order valence-electron chi connectivity index (χ3n) is 3.80. The maximum Gasteiger partial charge on any atom is 0.337 e. The smallest absolute Gasteiger partial charge is 0.337 e. The molecule has 3 rings (SSSR count). The zero-order valence-electron chi connectivity index (χ0n) is 14.6. The van der Waals surface area contributed by atoms with Crippen molar-refractivity contribution in [1.29, 1.82) is 0 Å². The highest BCUT2D eigenvalue weighted by molar-refractivity contribution is 6.42. The van der Waals surface area contributed by atoms with Crippen molar-refractivity contribution < 1.29 is 14.6 Å². The van der Waals surface area contributed by atoms with Crippen LogP contribution in [-0.2, 0) is 6.61 Å². The molecule has 0 aliphatic heterocycles. The highest BCUT2D eigenvalue weighted by atomic mass is 35.5. The normalized spacial score (nSPS) is 10.8. The van der Waals surface area contributed by atoms with Crippen LogP contribution in [0.25, 0.3) is 0 Å². The third-order valence-corrected chi connectivity index (χ3v) is 4.54. The van der Waals surface area contributed by atoms with Crippen LogP contribution in [0.4, 0.5) is 5.69 Å². The molecule has 0 fully saturated rings. The third kappa shape index (κ3) is 5.25. The summed E-state index contributed by atoms with van der Waals surface area (Å²) < 4.78 is 5.78. The highest BCUT2D eigenvalue weighted by Crippen LogP contribution is 2.23. The Morgan fingerprint density at radius 3 is 2.64 bits per heavy atom. The van der Waals surface area contributed by atoms with Crippen molar-refractivity contribution in [2.75, 3.05) is 5.43 Å². The lowest BCUT2D eigenvalue weighted by molar-refractivity contribution is 0.0698. The summed E-state index contributed by atoms with van der Waals surface area (Å²) in [5, 5.41) is 14.3. The topological polar surface area (TPSA) is 70.9 Å². The van der Waals surface area contributed by atoms with Gasteiger partial charge >= 0.3 is 5.97 Å². The number of anilines is 1. The van der Waals surface area contributed by atoms with Gasteiger partial charge in [-0.15, -0.1) is 0 Å². The summed E-state index contributed by atoms with van der Waals surface area (Å²) in [6, 6.07) is 19.3. The largest absolute Gasteiger partial charge is 0.489 e. The molecule has 0 radical (unpaired) electrons. The average Bonchev–Trinajstić information content (AvgIpc) is 2.69. The molecule has 0 heterocycles. The lowest BCUT2D eigenvalue weighted by Crippen LogP contribution is -2.02. The van der Waals surface area contributed by atoms with Crippen LogP contribution in [0.5, 0.6) is 5.75 Å². The number of aromatic carboxylic acids is 1. The first-order valence-electron chi connectivity index (χ1n) is 8.31. The Morgan fingerprint density at radius 2 is 1.86 bits per heavy atom. The molecular formula is C21H16Cl2N2O3. The number of rotatable bonds is 7. The first-order chi connectivity index (χ1) is 13.5. The molecule has 3 aromatic rings. The Labute approximate surface area is 172 Å². The molecule has 0 saturated heterocycles. The standard InChI is InChI=1S/C21H16Cl2N2O3/c22-18-9-8-15(11-19(18)23)13-28-16-5-3-4-14(10-16)12-24-25-20-7-2-1-6-17(20)21(26)27/h1-12,25H,13H2,(H,26,27)/b24-12+. The first kappa shape index (κ1) is 19.7. The van der Waals surface area contributed by atoms with E-state index in [0.29, 0.717) is 28.1 Å². The van der Waals surface area contributed by atoms with Crippen molar-refractivity contribution in [2.45, 2.75) is 6.61 Å². The molecule has 5 nitrogen and oxygen atoms in total. The predicted molar refractivity (Wildman–Crippen MR) is 112 cm³/mol. The zero-order chi connectivity index (χ0) is 19.9. The van der Waals surface area contributed by atoms with Crippen LogP contribution in [0.3, 0.4) is 0 Å². The molecule has 0 spiro atoms. The molecule has 3 aromatic carbocycles. The van der Waals surface area contributed by atoms with E-state index in [0.717, 1.165) is 11.1 Å². The number of para-hydroxylation sites is 1. The minimum absolute atomic E-state index is 0.151. The second kappa shape index (κ2) is 9.26. The van der Waals surface area contributed by atoms with Gasteiger partial charge in [-0.2, -0.15) is 5.10 Å². The molecule has 0 saturated carbocycles. The number of hydrazone groups is 1. The van der Waals surface area contributed by atoms with E-state index in [1.165, 1.54) is 6.07 Å². The maximum atomic E-state index is 11.2. The molecular weight excluding hydrogens is 399 g/mol. The quantitative estimate of drug-likeness (QED) is 0.383.